The number of benzene rings is 3. The van der Waals surface area contributed by atoms with Crippen LogP contribution in [0.3, 0.4) is 0 Å². The van der Waals surface area contributed by atoms with Crippen LogP contribution < -0.4 is 10.5 Å². The smallest absolute Gasteiger partial charge is 0.438 e. The molecule has 0 aliphatic rings. The molecule has 0 saturated heterocycles. The lowest BCUT2D eigenvalue weighted by Crippen LogP contribution is -2.21. The summed E-state index contributed by atoms with van der Waals surface area (Å²) in [5.41, 5.74) is 4.91. The van der Waals surface area contributed by atoms with Crippen LogP contribution in [0.2, 0.25) is 0 Å². The highest BCUT2D eigenvalue weighted by Gasteiger charge is 2.27. The van der Waals surface area contributed by atoms with Gasteiger partial charge in [-0.2, -0.15) is 0 Å². The van der Waals surface area contributed by atoms with Gasteiger partial charge >= 0.3 is 7.40 Å². The van der Waals surface area contributed by atoms with Gasteiger partial charge in [-0.3, -0.25) is 8.63 Å². The second-order valence-electron chi connectivity index (χ2n) is 8.38. The highest BCUT2D eigenvalue weighted by atomic mass is 19.2. The van der Waals surface area contributed by atoms with Gasteiger partial charge in [0.2, 0.25) is 5.55 Å². The number of aromatic nitrogens is 2. The molecule has 0 unspecified atom stereocenters. The molecule has 0 radical (unpaired) electrons. The van der Waals surface area contributed by atoms with E-state index in [1.807, 2.05) is 55.5 Å². The van der Waals surface area contributed by atoms with Crippen LogP contribution in [-0.4, -0.2) is 30.0 Å². The van der Waals surface area contributed by atoms with Crippen LogP contribution in [0.5, 0.6) is 0 Å². The van der Waals surface area contributed by atoms with Gasteiger partial charge in [-0.1, -0.05) is 29.8 Å². The summed E-state index contributed by atoms with van der Waals surface area (Å²) < 4.78 is 35.8. The van der Waals surface area contributed by atoms with Crippen LogP contribution in [0.15, 0.2) is 82.2 Å². The number of imidazole rings is 1. The molecule has 2 aromatic heterocycles. The van der Waals surface area contributed by atoms with E-state index >= 15 is 0 Å². The highest BCUT2D eigenvalue weighted by Crippen LogP contribution is 2.29. The molecule has 5 aromatic rings. The molecular weight excluding hydrogens is 445 g/mol. The Bertz CT molecular complexity index is 1570. The topological polar surface area (TPSA) is 46.6 Å². The number of hydrogen-bond acceptors (Lipinski definition) is 4. The van der Waals surface area contributed by atoms with Crippen molar-refractivity contribution in [3.63, 3.8) is 0 Å². The number of anilines is 1. The summed E-state index contributed by atoms with van der Waals surface area (Å²) in [7, 11) is -2.77. The maximum atomic E-state index is 14.3. The van der Waals surface area contributed by atoms with Gasteiger partial charge in [0, 0.05) is 30.2 Å². The Morgan fingerprint density at radius 1 is 0.971 bits per heavy atom. The molecule has 0 atom stereocenters. The van der Waals surface area contributed by atoms with E-state index in [1.165, 1.54) is 0 Å². The zero-order chi connectivity index (χ0) is 24.5. The van der Waals surface area contributed by atoms with E-state index < -0.39 is 7.40 Å². The Hall–Kier alpha value is -3.94. The van der Waals surface area contributed by atoms with Crippen molar-refractivity contribution < 1.29 is 13.0 Å². The Morgan fingerprint density at radius 2 is 1.71 bits per heavy atom. The predicted octanol–water partition coefficient (Wildman–Crippen LogP) is 6.61. The van der Waals surface area contributed by atoms with Crippen LogP contribution in [0.25, 0.3) is 33.4 Å². The Morgan fingerprint density at radius 3 is 2.43 bits per heavy atom. The van der Waals surface area contributed by atoms with Gasteiger partial charge in [-0.15, -0.1) is 0 Å². The Labute approximate surface area is 202 Å². The summed E-state index contributed by atoms with van der Waals surface area (Å²) >= 11 is 0. The molecule has 0 bridgehead atoms. The summed E-state index contributed by atoms with van der Waals surface area (Å²) in [5, 5.41) is 0.784. The first kappa shape index (κ1) is 22.8. The first-order valence-electron chi connectivity index (χ1n) is 11.7. The van der Waals surface area contributed by atoms with Gasteiger partial charge in [-0.05, 0) is 63.2 Å². The molecule has 0 amide bonds. The van der Waals surface area contributed by atoms with Crippen molar-refractivity contribution in [1.82, 2.24) is 9.46 Å². The second kappa shape index (κ2) is 9.37. The Balaban J connectivity index is 1.81. The van der Waals surface area contributed by atoms with E-state index in [2.05, 4.69) is 23.7 Å². The van der Waals surface area contributed by atoms with Crippen LogP contribution in [0.1, 0.15) is 19.4 Å². The summed E-state index contributed by atoms with van der Waals surface area (Å²) in [4.78, 5) is 11.5. The number of nitrogens with zero attached hydrogens (tertiary/aromatic N) is 4. The van der Waals surface area contributed by atoms with Crippen molar-refractivity contribution in [3.05, 3.63) is 83.9 Å². The molecule has 0 fully saturated rings. The second-order valence-corrected chi connectivity index (χ2v) is 8.38. The molecule has 8 heteroatoms. The van der Waals surface area contributed by atoms with Gasteiger partial charge in [0.15, 0.2) is 0 Å². The zero-order valence-electron chi connectivity index (χ0n) is 19.9. The van der Waals surface area contributed by atoms with E-state index in [9.17, 15) is 8.63 Å². The molecule has 5 rings (SSSR count). The number of aryl methyl sites for hydroxylation is 1. The molecule has 3 aromatic carbocycles. The van der Waals surface area contributed by atoms with E-state index in [-0.39, 0.29) is 11.4 Å². The highest BCUT2D eigenvalue weighted by molar-refractivity contribution is 6.43. The maximum absolute atomic E-state index is 14.3. The molecule has 0 saturated carbocycles. The lowest BCUT2D eigenvalue weighted by molar-refractivity contribution is 0.546. The number of fused-ring (bicyclic) bond motifs is 2. The lowest BCUT2D eigenvalue weighted by Gasteiger charge is -2.21. The fourth-order valence-corrected chi connectivity index (χ4v) is 4.30. The molecule has 5 nitrogen and oxygen atoms in total. The van der Waals surface area contributed by atoms with Crippen molar-refractivity contribution in [2.75, 3.05) is 18.0 Å². The van der Waals surface area contributed by atoms with Gasteiger partial charge in [0.25, 0.3) is 0 Å². The number of hydrogen-bond donors (Lipinski definition) is 0. The molecule has 0 aliphatic heterocycles. The lowest BCUT2D eigenvalue weighted by atomic mass is 10.1. The van der Waals surface area contributed by atoms with Crippen molar-refractivity contribution >= 4 is 40.8 Å². The van der Waals surface area contributed by atoms with Gasteiger partial charge in [0.05, 0.1) is 22.3 Å². The van der Waals surface area contributed by atoms with E-state index in [1.54, 1.807) is 24.3 Å². The normalized spacial score (nSPS) is 12.0. The first-order valence-corrected chi connectivity index (χ1v) is 11.7. The molecule has 176 valence electrons. The van der Waals surface area contributed by atoms with Crippen molar-refractivity contribution in [2.45, 2.75) is 20.8 Å². The van der Waals surface area contributed by atoms with Gasteiger partial charge in [-0.25, -0.2) is 9.98 Å². The molecule has 0 aliphatic carbocycles. The summed E-state index contributed by atoms with van der Waals surface area (Å²) in [6, 6.07) is 22.3. The summed E-state index contributed by atoms with van der Waals surface area (Å²) in [5.74, 6) is 0.116. The molecule has 0 spiro atoms. The molecular formula is C27H25BF2N4O. The fraction of sp³-hybridized carbons (Fsp3) is 0.185. The summed E-state index contributed by atoms with van der Waals surface area (Å²) in [6.45, 7) is 7.91. The van der Waals surface area contributed by atoms with Crippen molar-refractivity contribution in [3.8, 4) is 11.4 Å². The average Bonchev–Trinajstić information content (AvgIpc) is 3.25. The minimum atomic E-state index is -2.77. The third kappa shape index (κ3) is 4.32. The van der Waals surface area contributed by atoms with Crippen LogP contribution in [0, 0.1) is 6.92 Å². The van der Waals surface area contributed by atoms with Crippen LogP contribution in [0.4, 0.5) is 20.0 Å². The monoisotopic (exact) mass is 470 g/mol. The SMILES string of the molecule is CCN(CC)c1ccc2cc(-c3nc4ccccc4n3B(F)F)c(=Nc3ccc(C)cc3)oc2c1. The molecule has 35 heavy (non-hydrogen) atoms. The maximum Gasteiger partial charge on any atom is 0.679 e. The quantitative estimate of drug-likeness (QED) is 0.263. The minimum absolute atomic E-state index is 0.116. The van der Waals surface area contributed by atoms with Crippen LogP contribution in [-0.2, 0) is 0 Å². The first-order chi connectivity index (χ1) is 17.0. The summed E-state index contributed by atoms with van der Waals surface area (Å²) in [6.07, 6.45) is 0. The molecule has 2 heterocycles. The van der Waals surface area contributed by atoms with E-state index in [4.69, 9.17) is 9.41 Å². The number of halogens is 2. The van der Waals surface area contributed by atoms with Gasteiger partial charge in [0.1, 0.15) is 11.4 Å². The number of rotatable bonds is 6. The van der Waals surface area contributed by atoms with Crippen molar-refractivity contribution in [1.29, 1.82) is 0 Å². The standard InChI is InChI=1S/C27H25BF2N4O/c1-4-33(5-2)21-15-12-19-16-22(26-32-23-8-6-7-9-24(23)34(26)28(29)30)27(35-25(19)17-21)31-20-13-10-18(3)11-14-20/h6-17H,4-5H2,1-3H3. The third-order valence-electron chi connectivity index (χ3n) is 6.16. The predicted molar refractivity (Wildman–Crippen MR) is 138 cm³/mol. The van der Waals surface area contributed by atoms with E-state index in [0.717, 1.165) is 34.2 Å². The largest absolute Gasteiger partial charge is 0.679 e. The number of para-hydroxylation sites is 2. The van der Waals surface area contributed by atoms with Crippen molar-refractivity contribution in [2.24, 2.45) is 4.99 Å². The average molecular weight is 470 g/mol. The van der Waals surface area contributed by atoms with Crippen LogP contribution >= 0.6 is 0 Å². The van der Waals surface area contributed by atoms with Gasteiger partial charge < -0.3 is 13.8 Å². The zero-order valence-corrected chi connectivity index (χ0v) is 19.9. The third-order valence-corrected chi connectivity index (χ3v) is 6.16. The minimum Gasteiger partial charge on any atom is -0.438 e. The fourth-order valence-electron chi connectivity index (χ4n) is 4.30. The molecule has 0 N–H and O–H groups in total. The van der Waals surface area contributed by atoms with E-state index in [0.29, 0.717) is 27.9 Å². The Kier molecular flexibility index (Phi) is 6.11.